The number of hydrogen-bond donors (Lipinski definition) is 0. The van der Waals surface area contributed by atoms with Crippen molar-refractivity contribution in [1.82, 2.24) is 4.98 Å². The number of anilines is 1. The van der Waals surface area contributed by atoms with Gasteiger partial charge in [-0.05, 0) is 18.1 Å². The van der Waals surface area contributed by atoms with Gasteiger partial charge >= 0.3 is 5.97 Å². The first-order chi connectivity index (χ1) is 9.93. The van der Waals surface area contributed by atoms with Gasteiger partial charge in [-0.25, -0.2) is 4.98 Å². The summed E-state index contributed by atoms with van der Waals surface area (Å²) >= 11 is 5.79. The molecule has 6 nitrogen and oxygen atoms in total. The number of hydrogen-bond acceptors (Lipinski definition) is 5. The van der Waals surface area contributed by atoms with E-state index in [1.54, 1.807) is 12.1 Å². The molecule has 0 bridgehead atoms. The van der Waals surface area contributed by atoms with Crippen molar-refractivity contribution in [2.24, 2.45) is 16.9 Å². The number of aromatic nitrogens is 1. The van der Waals surface area contributed by atoms with Gasteiger partial charge in [0, 0.05) is 18.3 Å². The molecule has 1 amide bonds. The topological polar surface area (TPSA) is 71.9 Å². The van der Waals surface area contributed by atoms with Gasteiger partial charge in [-0.15, -0.1) is 0 Å². The van der Waals surface area contributed by atoms with Crippen LogP contribution in [0.25, 0.3) is 0 Å². The Hall–Kier alpha value is -1.95. The van der Waals surface area contributed by atoms with Crippen LogP contribution in [0.1, 0.15) is 20.3 Å². The second-order valence-electron chi connectivity index (χ2n) is 5.01. The first kappa shape index (κ1) is 15.4. The maximum absolute atomic E-state index is 12.4. The molecule has 112 valence electrons. The number of halogens is 1. The highest BCUT2D eigenvalue weighted by atomic mass is 35.5. The van der Waals surface area contributed by atoms with Crippen LogP contribution in [0, 0.1) is 11.8 Å². The van der Waals surface area contributed by atoms with Crippen LogP contribution < -0.4 is 5.01 Å². The molecule has 0 N–H and O–H groups in total. The lowest BCUT2D eigenvalue weighted by molar-refractivity contribution is -0.149. The zero-order valence-electron chi connectivity index (χ0n) is 12.0. The van der Waals surface area contributed by atoms with E-state index in [1.165, 1.54) is 13.3 Å². The van der Waals surface area contributed by atoms with Crippen molar-refractivity contribution in [2.75, 3.05) is 12.1 Å². The van der Waals surface area contributed by atoms with Crippen molar-refractivity contribution >= 4 is 35.0 Å². The molecule has 0 spiro atoms. The Kier molecular flexibility index (Phi) is 4.57. The number of hydrazone groups is 1. The van der Waals surface area contributed by atoms with Gasteiger partial charge in [0.2, 0.25) is 0 Å². The third-order valence-corrected chi connectivity index (χ3v) is 3.45. The first-order valence-electron chi connectivity index (χ1n) is 6.54. The standard InChI is InChI=1S/C14H16ClN3O3/c1-8(2)11-6-10(14(20)21-3)13(19)18(17-11)12-5-4-9(15)7-16-12/h4-5,7-8,10H,6H2,1-3H3. The molecule has 2 rings (SSSR count). The Bertz CT molecular complexity index is 584. The molecule has 0 aromatic carbocycles. The zero-order chi connectivity index (χ0) is 15.6. The lowest BCUT2D eigenvalue weighted by Gasteiger charge is -2.28. The van der Waals surface area contributed by atoms with E-state index in [4.69, 9.17) is 16.3 Å². The third kappa shape index (κ3) is 3.21. The number of esters is 1. The number of carbonyl (C=O) groups is 2. The molecule has 0 radical (unpaired) electrons. The van der Waals surface area contributed by atoms with E-state index in [1.807, 2.05) is 13.8 Å². The van der Waals surface area contributed by atoms with Gasteiger partial charge in [-0.3, -0.25) is 9.59 Å². The average Bonchev–Trinajstić information content (AvgIpc) is 2.47. The average molecular weight is 310 g/mol. The lowest BCUT2D eigenvalue weighted by Crippen LogP contribution is -2.44. The summed E-state index contributed by atoms with van der Waals surface area (Å²) in [4.78, 5) is 28.3. The molecule has 0 saturated heterocycles. The summed E-state index contributed by atoms with van der Waals surface area (Å²) in [5.41, 5.74) is 0.752. The van der Waals surface area contributed by atoms with E-state index in [9.17, 15) is 9.59 Å². The summed E-state index contributed by atoms with van der Waals surface area (Å²) < 4.78 is 4.71. The quantitative estimate of drug-likeness (QED) is 0.634. The minimum Gasteiger partial charge on any atom is -0.468 e. The second kappa shape index (κ2) is 6.22. The van der Waals surface area contributed by atoms with Crippen LogP contribution in [0.15, 0.2) is 23.4 Å². The summed E-state index contributed by atoms with van der Waals surface area (Å²) in [6.45, 7) is 3.91. The molecule has 0 saturated carbocycles. The molecule has 1 atom stereocenters. The van der Waals surface area contributed by atoms with Crippen molar-refractivity contribution < 1.29 is 14.3 Å². The normalized spacial score (nSPS) is 18.7. The van der Waals surface area contributed by atoms with Crippen LogP contribution in [-0.2, 0) is 14.3 Å². The number of methoxy groups -OCH3 is 1. The fourth-order valence-corrected chi connectivity index (χ4v) is 2.11. The molecule has 0 fully saturated rings. The van der Waals surface area contributed by atoms with Gasteiger partial charge in [-0.2, -0.15) is 10.1 Å². The molecule has 1 aliphatic heterocycles. The molecule has 1 aliphatic rings. The molecule has 1 unspecified atom stereocenters. The third-order valence-electron chi connectivity index (χ3n) is 3.23. The second-order valence-corrected chi connectivity index (χ2v) is 5.45. The summed E-state index contributed by atoms with van der Waals surface area (Å²) in [5, 5.41) is 5.92. The van der Waals surface area contributed by atoms with E-state index in [2.05, 4.69) is 10.1 Å². The summed E-state index contributed by atoms with van der Waals surface area (Å²) in [6, 6.07) is 3.20. The molecular formula is C14H16ClN3O3. The maximum atomic E-state index is 12.4. The Labute approximate surface area is 127 Å². The monoisotopic (exact) mass is 309 g/mol. The first-order valence-corrected chi connectivity index (χ1v) is 6.92. The predicted molar refractivity (Wildman–Crippen MR) is 79.1 cm³/mol. The Balaban J connectivity index is 2.41. The molecule has 1 aromatic heterocycles. The summed E-state index contributed by atoms with van der Waals surface area (Å²) in [5.74, 6) is -1.45. The molecule has 0 aliphatic carbocycles. The van der Waals surface area contributed by atoms with E-state index in [0.29, 0.717) is 10.8 Å². The number of carbonyl (C=O) groups excluding carboxylic acids is 2. The molecule has 2 heterocycles. The lowest BCUT2D eigenvalue weighted by atomic mass is 9.93. The van der Waals surface area contributed by atoms with Crippen LogP contribution in [0.3, 0.4) is 0 Å². The Morgan fingerprint density at radius 2 is 2.19 bits per heavy atom. The fourth-order valence-electron chi connectivity index (χ4n) is 2.00. The van der Waals surface area contributed by atoms with Crippen LogP contribution in [0.4, 0.5) is 5.82 Å². The highest BCUT2D eigenvalue weighted by Gasteiger charge is 2.38. The zero-order valence-corrected chi connectivity index (χ0v) is 12.8. The Morgan fingerprint density at radius 1 is 1.48 bits per heavy atom. The largest absolute Gasteiger partial charge is 0.468 e. The summed E-state index contributed by atoms with van der Waals surface area (Å²) in [6.07, 6.45) is 1.70. The number of pyridine rings is 1. The van der Waals surface area contributed by atoms with Crippen molar-refractivity contribution in [3.63, 3.8) is 0 Å². The highest BCUT2D eigenvalue weighted by molar-refractivity contribution is 6.30. The predicted octanol–water partition coefficient (Wildman–Crippen LogP) is 2.27. The smallest absolute Gasteiger partial charge is 0.318 e. The van der Waals surface area contributed by atoms with Crippen molar-refractivity contribution in [3.8, 4) is 0 Å². The van der Waals surface area contributed by atoms with Crippen LogP contribution >= 0.6 is 11.6 Å². The van der Waals surface area contributed by atoms with Crippen LogP contribution in [0.5, 0.6) is 0 Å². The summed E-state index contributed by atoms with van der Waals surface area (Å²) in [7, 11) is 1.27. The molecule has 7 heteroatoms. The van der Waals surface area contributed by atoms with E-state index in [-0.39, 0.29) is 12.3 Å². The van der Waals surface area contributed by atoms with Gasteiger partial charge < -0.3 is 4.74 Å². The van der Waals surface area contributed by atoms with Crippen molar-refractivity contribution in [2.45, 2.75) is 20.3 Å². The van der Waals surface area contributed by atoms with E-state index in [0.717, 1.165) is 10.7 Å². The van der Waals surface area contributed by atoms with Gasteiger partial charge in [0.25, 0.3) is 5.91 Å². The SMILES string of the molecule is COC(=O)C1CC(C(C)C)=NN(c2ccc(Cl)cn2)C1=O. The van der Waals surface area contributed by atoms with Crippen molar-refractivity contribution in [1.29, 1.82) is 0 Å². The van der Waals surface area contributed by atoms with E-state index < -0.39 is 17.8 Å². The Morgan fingerprint density at radius 3 is 2.71 bits per heavy atom. The van der Waals surface area contributed by atoms with Gasteiger partial charge in [0.15, 0.2) is 5.82 Å². The minimum absolute atomic E-state index is 0.111. The van der Waals surface area contributed by atoms with Crippen LogP contribution in [0.2, 0.25) is 5.02 Å². The highest BCUT2D eigenvalue weighted by Crippen LogP contribution is 2.25. The molecular weight excluding hydrogens is 294 g/mol. The minimum atomic E-state index is -0.887. The van der Waals surface area contributed by atoms with E-state index >= 15 is 0 Å². The van der Waals surface area contributed by atoms with Crippen molar-refractivity contribution in [3.05, 3.63) is 23.4 Å². The number of nitrogens with zero attached hydrogens (tertiary/aromatic N) is 3. The number of amides is 1. The number of rotatable bonds is 3. The maximum Gasteiger partial charge on any atom is 0.318 e. The number of ether oxygens (including phenoxy) is 1. The molecule has 1 aromatic rings. The van der Waals surface area contributed by atoms with Gasteiger partial charge in [0.05, 0.1) is 12.1 Å². The van der Waals surface area contributed by atoms with Gasteiger partial charge in [0.1, 0.15) is 5.92 Å². The fraction of sp³-hybridized carbons (Fsp3) is 0.429. The van der Waals surface area contributed by atoms with Crippen LogP contribution in [-0.4, -0.2) is 29.7 Å². The van der Waals surface area contributed by atoms with Gasteiger partial charge in [-0.1, -0.05) is 25.4 Å². The molecule has 21 heavy (non-hydrogen) atoms.